The molecule has 4 heteroatoms. The summed E-state index contributed by atoms with van der Waals surface area (Å²) in [5, 5.41) is 0. The minimum Gasteiger partial charge on any atom is -0.282 e. The lowest BCUT2D eigenvalue weighted by Gasteiger charge is -2.06. The van der Waals surface area contributed by atoms with Crippen LogP contribution in [0, 0.1) is 20.8 Å². The van der Waals surface area contributed by atoms with Gasteiger partial charge in [0.15, 0.2) is 0 Å². The highest BCUT2D eigenvalue weighted by Gasteiger charge is 2.13. The van der Waals surface area contributed by atoms with Crippen molar-refractivity contribution in [2.45, 2.75) is 59.8 Å². The van der Waals surface area contributed by atoms with E-state index in [4.69, 9.17) is 4.55 Å². The van der Waals surface area contributed by atoms with Gasteiger partial charge in [0.1, 0.15) is 0 Å². The van der Waals surface area contributed by atoms with Gasteiger partial charge in [0.2, 0.25) is 0 Å². The van der Waals surface area contributed by atoms with Crippen LogP contribution in [0.5, 0.6) is 0 Å². The molecule has 0 saturated heterocycles. The van der Waals surface area contributed by atoms with Crippen molar-refractivity contribution < 1.29 is 13.0 Å². The number of rotatable bonds is 1. The lowest BCUT2D eigenvalue weighted by Crippen LogP contribution is -2.02. The Morgan fingerprint density at radius 2 is 1.28 bits per heavy atom. The van der Waals surface area contributed by atoms with Crippen LogP contribution >= 0.6 is 0 Å². The zero-order valence-electron chi connectivity index (χ0n) is 12.5. The molecular formula is C14H26O3S. The summed E-state index contributed by atoms with van der Waals surface area (Å²) in [6.07, 6.45) is 1.25. The first-order chi connectivity index (χ1) is 8.23. The SMILES string of the molecule is CC.CCC.Cc1cc(C)c(S(=O)(=O)O)cc1C. The second kappa shape index (κ2) is 9.11. The Hall–Kier alpha value is -0.870. The molecule has 0 unspecified atom stereocenters. The molecule has 0 aliphatic carbocycles. The predicted molar refractivity (Wildman–Crippen MR) is 77.8 cm³/mol. The first kappa shape index (κ1) is 19.5. The van der Waals surface area contributed by atoms with E-state index in [0.717, 1.165) is 11.1 Å². The van der Waals surface area contributed by atoms with Gasteiger partial charge in [-0.2, -0.15) is 8.42 Å². The molecule has 0 atom stereocenters. The third-order valence-corrected chi connectivity index (χ3v) is 3.06. The molecule has 0 bridgehead atoms. The summed E-state index contributed by atoms with van der Waals surface area (Å²) < 4.78 is 30.6. The van der Waals surface area contributed by atoms with Crippen LogP contribution in [0.1, 0.15) is 50.8 Å². The Labute approximate surface area is 112 Å². The van der Waals surface area contributed by atoms with Crippen molar-refractivity contribution in [3.8, 4) is 0 Å². The Morgan fingerprint density at radius 1 is 0.944 bits per heavy atom. The summed E-state index contributed by atoms with van der Waals surface area (Å²) in [5.74, 6) is 0. The van der Waals surface area contributed by atoms with Gasteiger partial charge in [-0.15, -0.1) is 0 Å². The van der Waals surface area contributed by atoms with Gasteiger partial charge in [-0.1, -0.05) is 40.2 Å². The van der Waals surface area contributed by atoms with Crippen LogP contribution in [0.25, 0.3) is 0 Å². The molecular weight excluding hydrogens is 248 g/mol. The summed E-state index contributed by atoms with van der Waals surface area (Å²) in [7, 11) is -4.07. The van der Waals surface area contributed by atoms with E-state index in [0.29, 0.717) is 5.56 Å². The largest absolute Gasteiger partial charge is 0.294 e. The maximum Gasteiger partial charge on any atom is 0.294 e. The summed E-state index contributed by atoms with van der Waals surface area (Å²) >= 11 is 0. The van der Waals surface area contributed by atoms with E-state index in [1.165, 1.54) is 12.5 Å². The molecule has 0 aliphatic heterocycles. The van der Waals surface area contributed by atoms with Crippen LogP contribution in [0.2, 0.25) is 0 Å². The number of hydrogen-bond acceptors (Lipinski definition) is 2. The lowest BCUT2D eigenvalue weighted by molar-refractivity contribution is 0.482. The molecule has 0 fully saturated rings. The van der Waals surface area contributed by atoms with Gasteiger partial charge in [0, 0.05) is 0 Å². The Balaban J connectivity index is 0. The van der Waals surface area contributed by atoms with E-state index in [9.17, 15) is 8.42 Å². The number of aryl methyl sites for hydroxylation is 3. The highest BCUT2D eigenvalue weighted by molar-refractivity contribution is 7.85. The second-order valence-corrected chi connectivity index (χ2v) is 5.27. The van der Waals surface area contributed by atoms with Crippen LogP contribution in [-0.4, -0.2) is 13.0 Å². The van der Waals surface area contributed by atoms with Gasteiger partial charge < -0.3 is 0 Å². The first-order valence-corrected chi connectivity index (χ1v) is 7.73. The van der Waals surface area contributed by atoms with Crippen molar-refractivity contribution >= 4 is 10.1 Å². The molecule has 1 rings (SSSR count). The molecule has 0 amide bonds. The van der Waals surface area contributed by atoms with E-state index in [2.05, 4.69) is 13.8 Å². The maximum atomic E-state index is 10.9. The van der Waals surface area contributed by atoms with Crippen LogP contribution in [0.4, 0.5) is 0 Å². The van der Waals surface area contributed by atoms with Crippen LogP contribution in [0.3, 0.4) is 0 Å². The van der Waals surface area contributed by atoms with Crippen molar-refractivity contribution in [3.05, 3.63) is 28.8 Å². The smallest absolute Gasteiger partial charge is 0.282 e. The Bertz CT molecular complexity index is 448. The van der Waals surface area contributed by atoms with Crippen LogP contribution in [0.15, 0.2) is 17.0 Å². The fourth-order valence-corrected chi connectivity index (χ4v) is 2.00. The molecule has 0 spiro atoms. The lowest BCUT2D eigenvalue weighted by atomic mass is 10.1. The number of benzene rings is 1. The fraction of sp³-hybridized carbons (Fsp3) is 0.571. The fourth-order valence-electron chi connectivity index (χ4n) is 1.21. The van der Waals surface area contributed by atoms with Gasteiger partial charge in [-0.25, -0.2) is 0 Å². The minimum atomic E-state index is -4.07. The van der Waals surface area contributed by atoms with Crippen molar-refractivity contribution in [2.24, 2.45) is 0 Å². The maximum absolute atomic E-state index is 10.9. The molecule has 1 aromatic rings. The first-order valence-electron chi connectivity index (χ1n) is 6.29. The molecule has 0 radical (unpaired) electrons. The summed E-state index contributed by atoms with van der Waals surface area (Å²) in [4.78, 5) is -0.00407. The van der Waals surface area contributed by atoms with Crippen LogP contribution < -0.4 is 0 Å². The van der Waals surface area contributed by atoms with E-state index in [1.807, 2.05) is 27.7 Å². The molecule has 18 heavy (non-hydrogen) atoms. The predicted octanol–water partition coefficient (Wildman–Crippen LogP) is 4.30. The molecule has 106 valence electrons. The summed E-state index contributed by atoms with van der Waals surface area (Å²) in [6, 6.07) is 3.23. The molecule has 1 N–H and O–H groups in total. The zero-order valence-corrected chi connectivity index (χ0v) is 13.4. The van der Waals surface area contributed by atoms with Crippen molar-refractivity contribution in [1.29, 1.82) is 0 Å². The molecule has 3 nitrogen and oxygen atoms in total. The van der Waals surface area contributed by atoms with E-state index >= 15 is 0 Å². The third kappa shape index (κ3) is 6.77. The normalized spacial score (nSPS) is 9.78. The summed E-state index contributed by atoms with van der Waals surface area (Å²) in [6.45, 7) is 13.6. The molecule has 1 aromatic carbocycles. The van der Waals surface area contributed by atoms with E-state index in [1.54, 1.807) is 13.0 Å². The average molecular weight is 274 g/mol. The van der Waals surface area contributed by atoms with Crippen molar-refractivity contribution in [1.82, 2.24) is 0 Å². The average Bonchev–Trinajstić information content (AvgIpc) is 2.26. The second-order valence-electron chi connectivity index (χ2n) is 3.88. The standard InChI is InChI=1S/C9H12O3S.C3H8.C2H6/c1-6-4-8(3)9(5-7(6)2)13(10,11)12;1-3-2;1-2/h4-5H,1-3H3,(H,10,11,12);3H2,1-2H3;1-2H3. The highest BCUT2D eigenvalue weighted by Crippen LogP contribution is 2.19. The van der Waals surface area contributed by atoms with E-state index in [-0.39, 0.29) is 4.90 Å². The Morgan fingerprint density at radius 3 is 1.61 bits per heavy atom. The number of hydrogen-bond donors (Lipinski definition) is 1. The van der Waals surface area contributed by atoms with E-state index < -0.39 is 10.1 Å². The third-order valence-electron chi connectivity index (χ3n) is 2.07. The summed E-state index contributed by atoms with van der Waals surface area (Å²) in [5.41, 5.74) is 2.45. The molecule has 0 aliphatic rings. The monoisotopic (exact) mass is 274 g/mol. The molecule has 0 saturated carbocycles. The van der Waals surface area contributed by atoms with Gasteiger partial charge in [-0.05, 0) is 43.5 Å². The molecule has 0 heterocycles. The van der Waals surface area contributed by atoms with Crippen molar-refractivity contribution in [2.75, 3.05) is 0 Å². The quantitative estimate of drug-likeness (QED) is 0.777. The zero-order chi connectivity index (χ0) is 14.9. The van der Waals surface area contributed by atoms with Gasteiger partial charge in [-0.3, -0.25) is 4.55 Å². The molecule has 0 aromatic heterocycles. The minimum absolute atomic E-state index is 0.00407. The highest BCUT2D eigenvalue weighted by atomic mass is 32.2. The Kier molecular flexibility index (Phi) is 9.86. The van der Waals surface area contributed by atoms with Gasteiger partial charge in [0.25, 0.3) is 10.1 Å². The van der Waals surface area contributed by atoms with Gasteiger partial charge >= 0.3 is 0 Å². The van der Waals surface area contributed by atoms with Gasteiger partial charge in [0.05, 0.1) is 4.90 Å². The topological polar surface area (TPSA) is 54.4 Å². The van der Waals surface area contributed by atoms with Crippen molar-refractivity contribution in [3.63, 3.8) is 0 Å². The van der Waals surface area contributed by atoms with Crippen LogP contribution in [-0.2, 0) is 10.1 Å².